The Balaban J connectivity index is 1.95. The quantitative estimate of drug-likeness (QED) is 0.786. The molecule has 3 nitrogen and oxygen atoms in total. The maximum atomic E-state index is 5.97. The van der Waals surface area contributed by atoms with Crippen molar-refractivity contribution in [2.75, 3.05) is 26.2 Å². The molecule has 2 unspecified atom stereocenters. The van der Waals surface area contributed by atoms with Crippen molar-refractivity contribution in [2.45, 2.75) is 38.2 Å². The van der Waals surface area contributed by atoms with Gasteiger partial charge in [0.25, 0.3) is 0 Å². The smallest absolute Gasteiger partial charge is 0.0816 e. The fourth-order valence-corrected chi connectivity index (χ4v) is 3.11. The first-order chi connectivity index (χ1) is 10.2. The predicted molar refractivity (Wildman–Crippen MR) is 91.7 cm³/mol. The highest BCUT2D eigenvalue weighted by molar-refractivity contribution is 7.80. The van der Waals surface area contributed by atoms with E-state index in [0.29, 0.717) is 11.1 Å². The van der Waals surface area contributed by atoms with Crippen molar-refractivity contribution in [2.24, 2.45) is 5.73 Å². The number of piperidine rings is 1. The monoisotopic (exact) mass is 306 g/mol. The number of rotatable bonds is 7. The molecular weight excluding hydrogens is 280 g/mol. The van der Waals surface area contributed by atoms with Crippen LogP contribution in [-0.4, -0.2) is 42.2 Å². The van der Waals surface area contributed by atoms with Crippen LogP contribution in [0.4, 0.5) is 0 Å². The van der Waals surface area contributed by atoms with E-state index in [4.69, 9.17) is 22.7 Å². The van der Waals surface area contributed by atoms with Crippen LogP contribution in [0.5, 0.6) is 0 Å². The van der Waals surface area contributed by atoms with Crippen LogP contribution in [0.2, 0.25) is 0 Å². The summed E-state index contributed by atoms with van der Waals surface area (Å²) in [6.07, 6.45) is 3.80. The largest absolute Gasteiger partial charge is 0.393 e. The van der Waals surface area contributed by atoms with Crippen LogP contribution in [0.15, 0.2) is 30.3 Å². The number of ether oxygens (including phenoxy) is 1. The lowest BCUT2D eigenvalue weighted by Crippen LogP contribution is -2.43. The van der Waals surface area contributed by atoms with Crippen LogP contribution in [0, 0.1) is 0 Å². The summed E-state index contributed by atoms with van der Waals surface area (Å²) in [5.41, 5.74) is 7.18. The molecule has 0 aliphatic carbocycles. The second-order valence-corrected chi connectivity index (χ2v) is 6.23. The van der Waals surface area contributed by atoms with Gasteiger partial charge in [-0.25, -0.2) is 0 Å². The van der Waals surface area contributed by atoms with Crippen molar-refractivity contribution >= 4 is 17.2 Å². The van der Waals surface area contributed by atoms with Gasteiger partial charge in [-0.2, -0.15) is 0 Å². The minimum atomic E-state index is 0.131. The molecule has 0 radical (unpaired) electrons. The van der Waals surface area contributed by atoms with Crippen molar-refractivity contribution < 1.29 is 4.74 Å². The summed E-state index contributed by atoms with van der Waals surface area (Å²) in [7, 11) is 0. The average molecular weight is 306 g/mol. The molecule has 1 fully saturated rings. The number of benzene rings is 1. The van der Waals surface area contributed by atoms with Crippen LogP contribution in [-0.2, 0) is 4.74 Å². The van der Waals surface area contributed by atoms with Gasteiger partial charge in [0.15, 0.2) is 0 Å². The zero-order valence-electron chi connectivity index (χ0n) is 12.8. The van der Waals surface area contributed by atoms with Crippen LogP contribution < -0.4 is 5.73 Å². The van der Waals surface area contributed by atoms with E-state index in [9.17, 15) is 0 Å². The lowest BCUT2D eigenvalue weighted by molar-refractivity contribution is -0.000217. The fraction of sp³-hybridized carbons (Fsp3) is 0.588. The molecule has 1 heterocycles. The first kappa shape index (κ1) is 16.4. The number of thiocarbonyl (C=S) groups is 1. The Morgan fingerprint density at radius 2 is 2.19 bits per heavy atom. The molecule has 4 heteroatoms. The van der Waals surface area contributed by atoms with Gasteiger partial charge >= 0.3 is 0 Å². The zero-order valence-corrected chi connectivity index (χ0v) is 13.6. The molecule has 2 N–H and O–H groups in total. The van der Waals surface area contributed by atoms with Gasteiger partial charge in [-0.15, -0.1) is 0 Å². The van der Waals surface area contributed by atoms with Gasteiger partial charge in [-0.05, 0) is 31.4 Å². The molecule has 1 aliphatic rings. The van der Waals surface area contributed by atoms with E-state index in [1.807, 2.05) is 18.2 Å². The third kappa shape index (κ3) is 5.06. The lowest BCUT2D eigenvalue weighted by Gasteiger charge is -2.34. The molecule has 1 aromatic rings. The SMILES string of the molecule is CCCOC1CCCN(CC(C(N)=S)c2ccccc2)C1. The number of nitrogens with zero attached hydrogens (tertiary/aromatic N) is 1. The number of likely N-dealkylation sites (tertiary alicyclic amines) is 1. The Morgan fingerprint density at radius 3 is 2.86 bits per heavy atom. The number of nitrogens with two attached hydrogens (primary N) is 1. The molecule has 0 bridgehead atoms. The Hall–Kier alpha value is -0.970. The van der Waals surface area contributed by atoms with Crippen molar-refractivity contribution in [3.05, 3.63) is 35.9 Å². The number of hydrogen-bond donors (Lipinski definition) is 1. The molecule has 1 aliphatic heterocycles. The first-order valence-corrected chi connectivity index (χ1v) is 8.29. The summed E-state index contributed by atoms with van der Waals surface area (Å²) < 4.78 is 5.90. The maximum absolute atomic E-state index is 5.97. The zero-order chi connectivity index (χ0) is 15.1. The summed E-state index contributed by atoms with van der Waals surface area (Å²) in [5, 5.41) is 0. The molecule has 0 aromatic heterocycles. The summed E-state index contributed by atoms with van der Waals surface area (Å²) in [6, 6.07) is 10.3. The van der Waals surface area contributed by atoms with Crippen LogP contribution in [0.3, 0.4) is 0 Å². The summed E-state index contributed by atoms with van der Waals surface area (Å²) >= 11 is 5.29. The molecule has 0 saturated carbocycles. The summed E-state index contributed by atoms with van der Waals surface area (Å²) in [6.45, 7) is 6.00. The Labute approximate surface area is 133 Å². The van der Waals surface area contributed by atoms with Crippen LogP contribution in [0.1, 0.15) is 37.7 Å². The average Bonchev–Trinajstić information content (AvgIpc) is 2.51. The molecule has 2 rings (SSSR count). The Bertz CT molecular complexity index is 438. The first-order valence-electron chi connectivity index (χ1n) is 7.89. The molecule has 21 heavy (non-hydrogen) atoms. The van der Waals surface area contributed by atoms with Crippen LogP contribution >= 0.6 is 12.2 Å². The highest BCUT2D eigenvalue weighted by Crippen LogP contribution is 2.21. The highest BCUT2D eigenvalue weighted by atomic mass is 32.1. The van der Waals surface area contributed by atoms with Gasteiger partial charge in [0, 0.05) is 25.6 Å². The van der Waals surface area contributed by atoms with Gasteiger partial charge in [0.1, 0.15) is 0 Å². The van der Waals surface area contributed by atoms with E-state index >= 15 is 0 Å². The maximum Gasteiger partial charge on any atom is 0.0816 e. The van der Waals surface area contributed by atoms with Gasteiger partial charge in [-0.3, -0.25) is 4.90 Å². The molecule has 1 aromatic carbocycles. The Kier molecular flexibility index (Phi) is 6.61. The van der Waals surface area contributed by atoms with E-state index in [-0.39, 0.29) is 5.92 Å². The third-order valence-corrected chi connectivity index (χ3v) is 4.29. The molecule has 0 amide bonds. The molecule has 0 spiro atoms. The van der Waals surface area contributed by atoms with Crippen LogP contribution in [0.25, 0.3) is 0 Å². The second-order valence-electron chi connectivity index (χ2n) is 5.76. The molecule has 1 saturated heterocycles. The van der Waals surface area contributed by atoms with Gasteiger partial charge in [0.2, 0.25) is 0 Å². The standard InChI is InChI=1S/C17H26N2OS/c1-2-11-20-15-9-6-10-19(12-15)13-16(17(18)21)14-7-4-3-5-8-14/h3-5,7-8,15-16H,2,6,9-13H2,1H3,(H2,18,21). The van der Waals surface area contributed by atoms with E-state index in [0.717, 1.165) is 32.7 Å². The second kappa shape index (κ2) is 8.47. The van der Waals surface area contributed by atoms with E-state index in [2.05, 4.69) is 24.0 Å². The van der Waals surface area contributed by atoms with Crippen molar-refractivity contribution in [3.8, 4) is 0 Å². The van der Waals surface area contributed by atoms with Crippen molar-refractivity contribution in [1.82, 2.24) is 4.90 Å². The summed E-state index contributed by atoms with van der Waals surface area (Å²) in [5.74, 6) is 0.131. The lowest BCUT2D eigenvalue weighted by atomic mass is 9.97. The Morgan fingerprint density at radius 1 is 1.43 bits per heavy atom. The van der Waals surface area contributed by atoms with Gasteiger partial charge < -0.3 is 10.5 Å². The van der Waals surface area contributed by atoms with E-state index < -0.39 is 0 Å². The third-order valence-electron chi connectivity index (χ3n) is 4.01. The van der Waals surface area contributed by atoms with E-state index in [1.54, 1.807) is 0 Å². The van der Waals surface area contributed by atoms with E-state index in [1.165, 1.54) is 18.4 Å². The normalized spacial score (nSPS) is 21.1. The molecule has 2 atom stereocenters. The van der Waals surface area contributed by atoms with Crippen molar-refractivity contribution in [3.63, 3.8) is 0 Å². The molecule has 116 valence electrons. The topological polar surface area (TPSA) is 38.5 Å². The number of hydrogen-bond acceptors (Lipinski definition) is 3. The minimum Gasteiger partial charge on any atom is -0.393 e. The molecular formula is C17H26N2OS. The van der Waals surface area contributed by atoms with Crippen molar-refractivity contribution in [1.29, 1.82) is 0 Å². The highest BCUT2D eigenvalue weighted by Gasteiger charge is 2.24. The minimum absolute atomic E-state index is 0.131. The summed E-state index contributed by atoms with van der Waals surface area (Å²) in [4.78, 5) is 3.03. The van der Waals surface area contributed by atoms with Gasteiger partial charge in [0.05, 0.1) is 11.1 Å². The predicted octanol–water partition coefficient (Wildman–Crippen LogP) is 2.95. The van der Waals surface area contributed by atoms with Gasteiger partial charge in [-0.1, -0.05) is 49.5 Å². The fourth-order valence-electron chi connectivity index (χ4n) is 2.90.